The number of unbranched alkanes of at least 4 members (excludes halogenated alkanes) is 6. The highest BCUT2D eigenvalue weighted by atomic mass is 16.7. The zero-order chi connectivity index (χ0) is 28.2. The SMILES string of the molecule is C=C(O[C@@H]1CO[C@H]2[C@@H]1OC[C@@H]2OC(=O)c1ccc(OCCCCCC)cc1)c1ccc(OCCCCCC)cc1. The van der Waals surface area contributed by atoms with E-state index in [1.807, 2.05) is 24.3 Å². The minimum Gasteiger partial charge on any atom is -0.494 e. The third-order valence-corrected chi connectivity index (χ3v) is 7.31. The Morgan fingerprint density at radius 1 is 0.700 bits per heavy atom. The van der Waals surface area contributed by atoms with Gasteiger partial charge < -0.3 is 28.4 Å². The van der Waals surface area contributed by atoms with E-state index in [1.54, 1.807) is 24.3 Å². The average Bonchev–Trinajstić information content (AvgIpc) is 3.56. The van der Waals surface area contributed by atoms with Crippen molar-refractivity contribution in [1.29, 1.82) is 0 Å². The number of ether oxygens (including phenoxy) is 6. The number of rotatable bonds is 17. The Hall–Kier alpha value is -3.03. The van der Waals surface area contributed by atoms with E-state index in [0.29, 0.717) is 24.5 Å². The van der Waals surface area contributed by atoms with Crippen LogP contribution in [0.4, 0.5) is 0 Å². The van der Waals surface area contributed by atoms with Crippen LogP contribution in [0.1, 0.15) is 81.1 Å². The van der Waals surface area contributed by atoms with E-state index in [0.717, 1.165) is 42.9 Å². The van der Waals surface area contributed by atoms with Gasteiger partial charge in [-0.15, -0.1) is 0 Å². The largest absolute Gasteiger partial charge is 0.494 e. The molecule has 0 aromatic heterocycles. The predicted molar refractivity (Wildman–Crippen MR) is 155 cm³/mol. The van der Waals surface area contributed by atoms with E-state index >= 15 is 0 Å². The maximum atomic E-state index is 12.8. The number of hydrogen-bond donors (Lipinski definition) is 0. The number of benzene rings is 2. The van der Waals surface area contributed by atoms with E-state index in [-0.39, 0.29) is 24.9 Å². The molecule has 2 aliphatic rings. The first-order chi connectivity index (χ1) is 19.6. The molecule has 7 nitrogen and oxygen atoms in total. The second-order valence-corrected chi connectivity index (χ2v) is 10.5. The molecule has 0 spiro atoms. The fraction of sp³-hybridized carbons (Fsp3) is 0.545. The van der Waals surface area contributed by atoms with Crippen molar-refractivity contribution in [2.45, 2.75) is 89.6 Å². The highest BCUT2D eigenvalue weighted by molar-refractivity contribution is 5.89. The number of esters is 1. The lowest BCUT2D eigenvalue weighted by molar-refractivity contribution is -0.0208. The summed E-state index contributed by atoms with van der Waals surface area (Å²) in [6.45, 7) is 10.5. The van der Waals surface area contributed by atoms with Crippen LogP contribution >= 0.6 is 0 Å². The molecular formula is C33H44O7. The Balaban J connectivity index is 1.20. The molecule has 2 aliphatic heterocycles. The zero-order valence-corrected chi connectivity index (χ0v) is 24.0. The molecule has 2 aromatic rings. The van der Waals surface area contributed by atoms with Crippen molar-refractivity contribution in [3.63, 3.8) is 0 Å². The van der Waals surface area contributed by atoms with Crippen LogP contribution in [0.3, 0.4) is 0 Å². The summed E-state index contributed by atoms with van der Waals surface area (Å²) in [5, 5.41) is 0. The predicted octanol–water partition coefficient (Wildman–Crippen LogP) is 6.98. The highest BCUT2D eigenvalue weighted by Crippen LogP contribution is 2.33. The summed E-state index contributed by atoms with van der Waals surface area (Å²) in [5.74, 6) is 1.72. The van der Waals surface area contributed by atoms with Crippen molar-refractivity contribution in [3.05, 3.63) is 66.2 Å². The molecule has 2 fully saturated rings. The Labute approximate surface area is 238 Å². The molecule has 2 saturated heterocycles. The first kappa shape index (κ1) is 29.9. The molecule has 4 atom stereocenters. The molecule has 0 unspecified atom stereocenters. The van der Waals surface area contributed by atoms with Gasteiger partial charge in [-0.2, -0.15) is 0 Å². The zero-order valence-electron chi connectivity index (χ0n) is 24.0. The number of carbonyl (C=O) groups is 1. The van der Waals surface area contributed by atoms with E-state index in [4.69, 9.17) is 28.4 Å². The quantitative estimate of drug-likeness (QED) is 0.119. The molecule has 0 N–H and O–H groups in total. The summed E-state index contributed by atoms with van der Waals surface area (Å²) in [5.41, 5.74) is 1.34. The van der Waals surface area contributed by atoms with Crippen molar-refractivity contribution < 1.29 is 33.2 Å². The molecule has 7 heteroatoms. The van der Waals surface area contributed by atoms with Gasteiger partial charge in [-0.25, -0.2) is 4.79 Å². The molecule has 0 bridgehead atoms. The van der Waals surface area contributed by atoms with E-state index in [1.165, 1.54) is 32.1 Å². The maximum absolute atomic E-state index is 12.8. The van der Waals surface area contributed by atoms with Gasteiger partial charge in [0.2, 0.25) is 0 Å². The van der Waals surface area contributed by atoms with Crippen LogP contribution < -0.4 is 9.47 Å². The number of hydrogen-bond acceptors (Lipinski definition) is 7. The standard InChI is InChI=1S/C33H44O7/c1-4-6-8-10-20-35-27-16-12-25(13-17-27)24(3)39-29-22-37-32-30(23-38-31(29)32)40-33(34)26-14-18-28(19-15-26)36-21-11-9-7-5-2/h12-19,29-32H,3-11,20-23H2,1-2H3/t29-,30+,31-,32-/m1/s1. The van der Waals surface area contributed by atoms with E-state index in [2.05, 4.69) is 20.4 Å². The van der Waals surface area contributed by atoms with Crippen molar-refractivity contribution in [2.24, 2.45) is 0 Å². The highest BCUT2D eigenvalue weighted by Gasteiger charge is 2.50. The second kappa shape index (κ2) is 15.7. The molecule has 2 aromatic carbocycles. The first-order valence-electron chi connectivity index (χ1n) is 14.8. The monoisotopic (exact) mass is 552 g/mol. The molecule has 0 radical (unpaired) electrons. The lowest BCUT2D eigenvalue weighted by Gasteiger charge is -2.19. The lowest BCUT2D eigenvalue weighted by atomic mass is 10.1. The van der Waals surface area contributed by atoms with Crippen LogP contribution in [0.5, 0.6) is 11.5 Å². The van der Waals surface area contributed by atoms with Crippen molar-refractivity contribution in [3.8, 4) is 11.5 Å². The summed E-state index contributed by atoms with van der Waals surface area (Å²) in [4.78, 5) is 12.8. The molecule has 2 heterocycles. The fourth-order valence-electron chi connectivity index (χ4n) is 4.95. The summed E-state index contributed by atoms with van der Waals surface area (Å²) < 4.78 is 35.4. The van der Waals surface area contributed by atoms with Gasteiger partial charge >= 0.3 is 5.97 Å². The average molecular weight is 553 g/mol. The van der Waals surface area contributed by atoms with Crippen molar-refractivity contribution in [2.75, 3.05) is 26.4 Å². The summed E-state index contributed by atoms with van der Waals surface area (Å²) in [6, 6.07) is 14.8. The maximum Gasteiger partial charge on any atom is 0.338 e. The normalized spacial score (nSPS) is 21.6. The molecular weight excluding hydrogens is 508 g/mol. The van der Waals surface area contributed by atoms with Gasteiger partial charge in [-0.1, -0.05) is 59.0 Å². The van der Waals surface area contributed by atoms with Gasteiger partial charge in [0.15, 0.2) is 12.2 Å². The third-order valence-electron chi connectivity index (χ3n) is 7.31. The van der Waals surface area contributed by atoms with Crippen LogP contribution in [-0.4, -0.2) is 56.8 Å². The van der Waals surface area contributed by atoms with Gasteiger partial charge in [-0.05, 0) is 61.4 Å². The van der Waals surface area contributed by atoms with Gasteiger partial charge in [0, 0.05) is 5.56 Å². The Kier molecular flexibility index (Phi) is 11.7. The van der Waals surface area contributed by atoms with Crippen LogP contribution in [-0.2, 0) is 18.9 Å². The van der Waals surface area contributed by atoms with Gasteiger partial charge in [0.25, 0.3) is 0 Å². The van der Waals surface area contributed by atoms with Crippen LogP contribution in [0.15, 0.2) is 55.1 Å². The fourth-order valence-corrected chi connectivity index (χ4v) is 4.95. The van der Waals surface area contributed by atoms with E-state index in [9.17, 15) is 4.79 Å². The first-order valence-corrected chi connectivity index (χ1v) is 14.8. The number of carbonyl (C=O) groups excluding carboxylic acids is 1. The summed E-state index contributed by atoms with van der Waals surface area (Å²) in [6.07, 6.45) is 7.77. The topological polar surface area (TPSA) is 72.5 Å². The molecule has 0 saturated carbocycles. The molecule has 0 aliphatic carbocycles. The Morgan fingerprint density at radius 3 is 1.68 bits per heavy atom. The number of fused-ring (bicyclic) bond motifs is 1. The van der Waals surface area contributed by atoms with Gasteiger partial charge in [-0.3, -0.25) is 0 Å². The van der Waals surface area contributed by atoms with Crippen molar-refractivity contribution >= 4 is 11.7 Å². The third kappa shape index (κ3) is 8.48. The summed E-state index contributed by atoms with van der Waals surface area (Å²) >= 11 is 0. The smallest absolute Gasteiger partial charge is 0.338 e. The lowest BCUT2D eigenvalue weighted by Crippen LogP contribution is -2.35. The summed E-state index contributed by atoms with van der Waals surface area (Å²) in [7, 11) is 0. The molecule has 4 rings (SSSR count). The van der Waals surface area contributed by atoms with Crippen LogP contribution in [0.2, 0.25) is 0 Å². The van der Waals surface area contributed by atoms with Gasteiger partial charge in [0.05, 0.1) is 32.0 Å². The molecule has 0 amide bonds. The molecule has 40 heavy (non-hydrogen) atoms. The minimum atomic E-state index is -0.498. The minimum absolute atomic E-state index is 0.261. The molecule has 218 valence electrons. The Morgan fingerprint density at radius 2 is 1.18 bits per heavy atom. The van der Waals surface area contributed by atoms with Gasteiger partial charge in [0.1, 0.15) is 29.5 Å². The van der Waals surface area contributed by atoms with Crippen LogP contribution in [0, 0.1) is 0 Å². The van der Waals surface area contributed by atoms with E-state index < -0.39 is 12.1 Å². The van der Waals surface area contributed by atoms with Crippen LogP contribution in [0.25, 0.3) is 5.76 Å². The Bertz CT molecular complexity index is 964. The van der Waals surface area contributed by atoms with Crippen molar-refractivity contribution in [1.82, 2.24) is 0 Å². The second-order valence-electron chi connectivity index (χ2n) is 10.5.